The standard InChI is InChI=1S/C13H25N3O.2ClH/c1-9-3-4-10(2)16(9)8-13(17)15-7-12(14)11-5-6-11;;/h9-12H,3-8,14H2,1-2H3,(H,15,17);2*1H. The average molecular weight is 312 g/mol. The number of rotatable bonds is 5. The average Bonchev–Trinajstić information content (AvgIpc) is 3.09. The van der Waals surface area contributed by atoms with Crippen LogP contribution in [0, 0.1) is 5.92 Å². The van der Waals surface area contributed by atoms with Crippen LogP contribution in [0.15, 0.2) is 0 Å². The van der Waals surface area contributed by atoms with Crippen molar-refractivity contribution in [2.45, 2.75) is 57.7 Å². The van der Waals surface area contributed by atoms with Gasteiger partial charge in [0, 0.05) is 24.7 Å². The van der Waals surface area contributed by atoms with Gasteiger partial charge in [0.1, 0.15) is 0 Å². The number of nitrogens with zero attached hydrogens (tertiary/aromatic N) is 1. The van der Waals surface area contributed by atoms with Crippen LogP contribution in [0.5, 0.6) is 0 Å². The summed E-state index contributed by atoms with van der Waals surface area (Å²) in [4.78, 5) is 14.1. The number of hydrogen-bond donors (Lipinski definition) is 2. The van der Waals surface area contributed by atoms with Crippen molar-refractivity contribution in [1.29, 1.82) is 0 Å². The Labute approximate surface area is 128 Å². The molecule has 6 heteroatoms. The van der Waals surface area contributed by atoms with E-state index in [2.05, 4.69) is 24.1 Å². The van der Waals surface area contributed by atoms with Crippen LogP contribution in [-0.4, -0.2) is 42.0 Å². The predicted molar refractivity (Wildman–Crippen MR) is 83.1 cm³/mol. The maximum atomic E-state index is 11.8. The molecule has 0 aromatic rings. The Balaban J connectivity index is 0.00000162. The van der Waals surface area contributed by atoms with E-state index in [9.17, 15) is 4.79 Å². The molecule has 3 unspecified atom stereocenters. The van der Waals surface area contributed by atoms with Crippen LogP contribution < -0.4 is 11.1 Å². The first kappa shape index (κ1) is 19.0. The number of nitrogens with two attached hydrogens (primary N) is 1. The van der Waals surface area contributed by atoms with E-state index in [1.165, 1.54) is 25.7 Å². The highest BCUT2D eigenvalue weighted by Gasteiger charge is 2.30. The number of nitrogens with one attached hydrogen (secondary N) is 1. The van der Waals surface area contributed by atoms with Crippen molar-refractivity contribution in [2.24, 2.45) is 11.7 Å². The van der Waals surface area contributed by atoms with Crippen LogP contribution in [0.2, 0.25) is 0 Å². The molecule has 2 fully saturated rings. The van der Waals surface area contributed by atoms with Crippen molar-refractivity contribution in [3.05, 3.63) is 0 Å². The third-order valence-corrected chi connectivity index (χ3v) is 4.22. The molecule has 1 amide bonds. The number of halogens is 2. The molecule has 3 N–H and O–H groups in total. The highest BCUT2D eigenvalue weighted by molar-refractivity contribution is 5.85. The number of carbonyl (C=O) groups excluding carboxylic acids is 1. The zero-order valence-corrected chi connectivity index (χ0v) is 13.4. The Morgan fingerprint density at radius 1 is 1.21 bits per heavy atom. The van der Waals surface area contributed by atoms with Crippen molar-refractivity contribution in [2.75, 3.05) is 13.1 Å². The molecule has 1 saturated heterocycles. The van der Waals surface area contributed by atoms with E-state index >= 15 is 0 Å². The van der Waals surface area contributed by atoms with E-state index < -0.39 is 0 Å². The van der Waals surface area contributed by atoms with Gasteiger partial charge in [-0.2, -0.15) is 0 Å². The number of amides is 1. The molecule has 2 rings (SSSR count). The summed E-state index contributed by atoms with van der Waals surface area (Å²) >= 11 is 0. The minimum atomic E-state index is 0. The molecular weight excluding hydrogens is 285 g/mol. The lowest BCUT2D eigenvalue weighted by molar-refractivity contribution is -0.122. The monoisotopic (exact) mass is 311 g/mol. The third kappa shape index (κ3) is 5.46. The fourth-order valence-corrected chi connectivity index (χ4v) is 2.70. The summed E-state index contributed by atoms with van der Waals surface area (Å²) in [6.07, 6.45) is 4.88. The Kier molecular flexibility index (Phi) is 8.29. The molecular formula is C13H27Cl2N3O. The number of likely N-dealkylation sites (tertiary alicyclic amines) is 1. The summed E-state index contributed by atoms with van der Waals surface area (Å²) in [5.74, 6) is 0.779. The third-order valence-electron chi connectivity index (χ3n) is 4.22. The van der Waals surface area contributed by atoms with Gasteiger partial charge in [0.2, 0.25) is 5.91 Å². The second-order valence-electron chi connectivity index (χ2n) is 5.75. The van der Waals surface area contributed by atoms with Gasteiger partial charge >= 0.3 is 0 Å². The van der Waals surface area contributed by atoms with Crippen molar-refractivity contribution in [1.82, 2.24) is 10.2 Å². The Morgan fingerprint density at radius 3 is 2.21 bits per heavy atom. The lowest BCUT2D eigenvalue weighted by atomic mass is 10.2. The van der Waals surface area contributed by atoms with E-state index in [-0.39, 0.29) is 36.8 Å². The topological polar surface area (TPSA) is 58.4 Å². The molecule has 1 saturated carbocycles. The van der Waals surface area contributed by atoms with Crippen LogP contribution in [0.1, 0.15) is 39.5 Å². The second-order valence-corrected chi connectivity index (χ2v) is 5.75. The van der Waals surface area contributed by atoms with Crippen molar-refractivity contribution in [3.8, 4) is 0 Å². The Hall–Kier alpha value is -0.0300. The van der Waals surface area contributed by atoms with Crippen molar-refractivity contribution in [3.63, 3.8) is 0 Å². The molecule has 4 nitrogen and oxygen atoms in total. The first-order valence-electron chi connectivity index (χ1n) is 6.86. The number of carbonyl (C=O) groups is 1. The molecule has 0 spiro atoms. The summed E-state index contributed by atoms with van der Waals surface area (Å²) in [6.45, 7) is 5.57. The van der Waals surface area contributed by atoms with Gasteiger partial charge in [-0.15, -0.1) is 24.8 Å². The Bertz CT molecular complexity index is 277. The summed E-state index contributed by atoms with van der Waals surface area (Å²) < 4.78 is 0. The normalized spacial score (nSPS) is 28.2. The van der Waals surface area contributed by atoms with Gasteiger partial charge in [-0.3, -0.25) is 9.69 Å². The largest absolute Gasteiger partial charge is 0.353 e. The molecule has 0 aromatic heterocycles. The first-order chi connectivity index (χ1) is 8.08. The molecule has 1 aliphatic heterocycles. The highest BCUT2D eigenvalue weighted by Crippen LogP contribution is 2.31. The van der Waals surface area contributed by atoms with Crippen LogP contribution >= 0.6 is 24.8 Å². The lowest BCUT2D eigenvalue weighted by Gasteiger charge is -2.25. The summed E-state index contributed by atoms with van der Waals surface area (Å²) in [5.41, 5.74) is 5.96. The van der Waals surface area contributed by atoms with Crippen LogP contribution in [0.3, 0.4) is 0 Å². The molecule has 2 aliphatic rings. The zero-order valence-electron chi connectivity index (χ0n) is 11.8. The highest BCUT2D eigenvalue weighted by atomic mass is 35.5. The van der Waals surface area contributed by atoms with E-state index in [0.29, 0.717) is 31.1 Å². The molecule has 1 heterocycles. The molecule has 0 aromatic carbocycles. The van der Waals surface area contributed by atoms with E-state index in [4.69, 9.17) is 5.73 Å². The van der Waals surface area contributed by atoms with Gasteiger partial charge in [0.15, 0.2) is 0 Å². The fraction of sp³-hybridized carbons (Fsp3) is 0.923. The van der Waals surface area contributed by atoms with Crippen LogP contribution in [0.25, 0.3) is 0 Å². The summed E-state index contributed by atoms with van der Waals surface area (Å²) in [6, 6.07) is 1.23. The smallest absolute Gasteiger partial charge is 0.234 e. The Morgan fingerprint density at radius 2 is 1.74 bits per heavy atom. The van der Waals surface area contributed by atoms with Crippen LogP contribution in [0.4, 0.5) is 0 Å². The SMILES string of the molecule is CC1CCC(C)N1CC(=O)NCC(N)C1CC1.Cl.Cl. The van der Waals surface area contributed by atoms with Gasteiger partial charge in [-0.1, -0.05) is 0 Å². The summed E-state index contributed by atoms with van der Waals surface area (Å²) in [5, 5.41) is 2.97. The molecule has 0 bridgehead atoms. The van der Waals surface area contributed by atoms with E-state index in [1.807, 2.05) is 0 Å². The quantitative estimate of drug-likeness (QED) is 0.810. The fourth-order valence-electron chi connectivity index (χ4n) is 2.70. The first-order valence-corrected chi connectivity index (χ1v) is 6.86. The molecule has 114 valence electrons. The molecule has 1 aliphatic carbocycles. The van der Waals surface area contributed by atoms with Crippen molar-refractivity contribution < 1.29 is 4.79 Å². The summed E-state index contributed by atoms with van der Waals surface area (Å²) in [7, 11) is 0. The van der Waals surface area contributed by atoms with Gasteiger partial charge in [-0.25, -0.2) is 0 Å². The van der Waals surface area contributed by atoms with Gasteiger partial charge < -0.3 is 11.1 Å². The molecule has 3 atom stereocenters. The van der Waals surface area contributed by atoms with E-state index in [0.717, 1.165) is 0 Å². The molecule has 0 radical (unpaired) electrons. The minimum Gasteiger partial charge on any atom is -0.353 e. The maximum Gasteiger partial charge on any atom is 0.234 e. The van der Waals surface area contributed by atoms with Crippen LogP contribution in [-0.2, 0) is 4.79 Å². The van der Waals surface area contributed by atoms with E-state index in [1.54, 1.807) is 0 Å². The number of hydrogen-bond acceptors (Lipinski definition) is 3. The minimum absolute atomic E-state index is 0. The lowest BCUT2D eigenvalue weighted by Crippen LogP contribution is -2.45. The predicted octanol–water partition coefficient (Wildman–Crippen LogP) is 1.56. The zero-order chi connectivity index (χ0) is 12.4. The maximum absolute atomic E-state index is 11.8. The van der Waals surface area contributed by atoms with Gasteiger partial charge in [0.05, 0.1) is 6.54 Å². The van der Waals surface area contributed by atoms with Gasteiger partial charge in [-0.05, 0) is 45.4 Å². The molecule has 19 heavy (non-hydrogen) atoms. The second kappa shape index (κ2) is 8.30. The van der Waals surface area contributed by atoms with Gasteiger partial charge in [0.25, 0.3) is 0 Å². The van der Waals surface area contributed by atoms with Crippen molar-refractivity contribution >= 4 is 30.7 Å².